The van der Waals surface area contributed by atoms with Gasteiger partial charge in [0.15, 0.2) is 5.43 Å². The van der Waals surface area contributed by atoms with Gasteiger partial charge in [0.2, 0.25) is 0 Å². The average molecular weight is 278 g/mol. The first-order chi connectivity index (χ1) is 10.1. The fourth-order valence-corrected chi connectivity index (χ4v) is 2.55. The minimum Gasteiger partial charge on any atom is -0.345 e. The van der Waals surface area contributed by atoms with Crippen LogP contribution in [-0.4, -0.2) is 4.57 Å². The number of hydrogen-bond donors (Lipinski definition) is 1. The summed E-state index contributed by atoms with van der Waals surface area (Å²) in [6, 6.07) is 17.4. The Morgan fingerprint density at radius 1 is 1.05 bits per heavy atom. The number of rotatable bonds is 3. The normalized spacial score (nSPS) is 12.5. The molecule has 2 aromatic carbocycles. The van der Waals surface area contributed by atoms with E-state index in [1.54, 1.807) is 6.07 Å². The largest absolute Gasteiger partial charge is 0.345 e. The Balaban J connectivity index is 1.96. The van der Waals surface area contributed by atoms with Crippen LogP contribution in [0, 0.1) is 6.92 Å². The van der Waals surface area contributed by atoms with Crippen molar-refractivity contribution in [3.63, 3.8) is 0 Å². The zero-order valence-corrected chi connectivity index (χ0v) is 12.0. The molecule has 21 heavy (non-hydrogen) atoms. The van der Waals surface area contributed by atoms with Crippen molar-refractivity contribution in [1.29, 1.82) is 0 Å². The molecule has 1 heterocycles. The number of nitrogens with two attached hydrogens (primary N) is 1. The molecule has 3 aromatic rings. The monoisotopic (exact) mass is 278 g/mol. The van der Waals surface area contributed by atoms with Crippen LogP contribution in [0.1, 0.15) is 17.2 Å². The van der Waals surface area contributed by atoms with Crippen LogP contribution >= 0.6 is 0 Å². The van der Waals surface area contributed by atoms with Crippen molar-refractivity contribution >= 4 is 10.9 Å². The summed E-state index contributed by atoms with van der Waals surface area (Å²) in [5, 5.41) is 0.733. The van der Waals surface area contributed by atoms with Gasteiger partial charge in [0.25, 0.3) is 0 Å². The molecule has 3 rings (SSSR count). The first kappa shape index (κ1) is 13.6. The van der Waals surface area contributed by atoms with Gasteiger partial charge in [-0.2, -0.15) is 0 Å². The molecule has 0 aliphatic heterocycles. The highest BCUT2D eigenvalue weighted by molar-refractivity contribution is 5.78. The van der Waals surface area contributed by atoms with E-state index < -0.39 is 0 Å². The third-order valence-corrected chi connectivity index (χ3v) is 3.78. The minimum atomic E-state index is -0.100. The highest BCUT2D eigenvalue weighted by Gasteiger charge is 2.08. The molecule has 0 saturated carbocycles. The van der Waals surface area contributed by atoms with Crippen LogP contribution in [0.2, 0.25) is 0 Å². The Labute approximate surface area is 123 Å². The van der Waals surface area contributed by atoms with Gasteiger partial charge in [-0.3, -0.25) is 4.79 Å². The van der Waals surface area contributed by atoms with Crippen molar-refractivity contribution in [2.75, 3.05) is 0 Å². The molecule has 0 radical (unpaired) electrons. The molecular formula is C18H18N2O. The number of nitrogens with zero attached hydrogens (tertiary/aromatic N) is 1. The maximum Gasteiger partial charge on any atom is 0.189 e. The second-order valence-electron chi connectivity index (χ2n) is 5.37. The number of para-hydroxylation sites is 1. The van der Waals surface area contributed by atoms with Gasteiger partial charge < -0.3 is 10.3 Å². The molecule has 1 aromatic heterocycles. The summed E-state index contributed by atoms with van der Waals surface area (Å²) >= 11 is 0. The van der Waals surface area contributed by atoms with Crippen LogP contribution < -0.4 is 11.2 Å². The maximum absolute atomic E-state index is 11.9. The number of aryl methyl sites for hydroxylation is 1. The van der Waals surface area contributed by atoms with Crippen LogP contribution in [0.4, 0.5) is 0 Å². The van der Waals surface area contributed by atoms with E-state index in [9.17, 15) is 4.79 Å². The molecule has 1 atom stereocenters. The molecule has 0 saturated heterocycles. The number of aromatic nitrogens is 1. The van der Waals surface area contributed by atoms with E-state index in [1.807, 2.05) is 35.0 Å². The molecular weight excluding hydrogens is 260 g/mol. The predicted octanol–water partition coefficient (Wildman–Crippen LogP) is 3.01. The summed E-state index contributed by atoms with van der Waals surface area (Å²) in [5.41, 5.74) is 9.60. The second kappa shape index (κ2) is 5.54. The molecule has 3 nitrogen and oxygen atoms in total. The lowest BCUT2D eigenvalue weighted by molar-refractivity contribution is 0.588. The van der Waals surface area contributed by atoms with Crippen LogP contribution in [0.25, 0.3) is 10.9 Å². The van der Waals surface area contributed by atoms with E-state index >= 15 is 0 Å². The summed E-state index contributed by atoms with van der Waals surface area (Å²) in [6.45, 7) is 2.70. The minimum absolute atomic E-state index is 0.0470. The molecule has 106 valence electrons. The van der Waals surface area contributed by atoms with Crippen LogP contribution in [0.5, 0.6) is 0 Å². The molecule has 0 spiro atoms. The molecule has 2 N–H and O–H groups in total. The van der Waals surface area contributed by atoms with Gasteiger partial charge >= 0.3 is 0 Å². The van der Waals surface area contributed by atoms with Gasteiger partial charge in [-0.25, -0.2) is 0 Å². The van der Waals surface area contributed by atoms with E-state index in [-0.39, 0.29) is 11.5 Å². The van der Waals surface area contributed by atoms with Crippen molar-refractivity contribution in [3.05, 3.63) is 82.1 Å². The van der Waals surface area contributed by atoms with E-state index in [1.165, 1.54) is 5.56 Å². The number of fused-ring (bicyclic) bond motifs is 1. The average Bonchev–Trinajstić information content (AvgIpc) is 2.51. The maximum atomic E-state index is 11.9. The molecule has 3 heteroatoms. The van der Waals surface area contributed by atoms with Gasteiger partial charge in [-0.15, -0.1) is 0 Å². The van der Waals surface area contributed by atoms with Gasteiger partial charge in [0.1, 0.15) is 0 Å². The lowest BCUT2D eigenvalue weighted by atomic mass is 10.1. The van der Waals surface area contributed by atoms with Gasteiger partial charge in [0, 0.05) is 30.2 Å². The Morgan fingerprint density at radius 2 is 1.76 bits per heavy atom. The van der Waals surface area contributed by atoms with E-state index in [4.69, 9.17) is 5.73 Å². The Morgan fingerprint density at radius 3 is 2.52 bits per heavy atom. The van der Waals surface area contributed by atoms with Crippen LogP contribution in [0.3, 0.4) is 0 Å². The molecule has 0 aliphatic rings. The Hall–Kier alpha value is -2.39. The van der Waals surface area contributed by atoms with Crippen molar-refractivity contribution in [2.24, 2.45) is 5.73 Å². The first-order valence-corrected chi connectivity index (χ1v) is 7.05. The quantitative estimate of drug-likeness (QED) is 0.800. The number of hydrogen-bond acceptors (Lipinski definition) is 2. The third-order valence-electron chi connectivity index (χ3n) is 3.78. The topological polar surface area (TPSA) is 48.0 Å². The van der Waals surface area contributed by atoms with Gasteiger partial charge in [-0.05, 0) is 24.6 Å². The molecule has 0 bridgehead atoms. The van der Waals surface area contributed by atoms with E-state index in [2.05, 4.69) is 31.2 Å². The highest BCUT2D eigenvalue weighted by atomic mass is 16.1. The summed E-state index contributed by atoms with van der Waals surface area (Å²) < 4.78 is 2.04. The van der Waals surface area contributed by atoms with Crippen molar-refractivity contribution in [2.45, 2.75) is 19.5 Å². The molecule has 0 aliphatic carbocycles. The zero-order chi connectivity index (χ0) is 14.8. The number of benzene rings is 2. The second-order valence-corrected chi connectivity index (χ2v) is 5.37. The first-order valence-electron chi connectivity index (χ1n) is 7.05. The van der Waals surface area contributed by atoms with Crippen molar-refractivity contribution in [1.82, 2.24) is 4.57 Å². The fourth-order valence-electron chi connectivity index (χ4n) is 2.55. The lowest BCUT2D eigenvalue weighted by Gasteiger charge is -2.17. The fraction of sp³-hybridized carbons (Fsp3) is 0.167. The van der Waals surface area contributed by atoms with Crippen molar-refractivity contribution < 1.29 is 0 Å². The Bertz CT molecular complexity index is 818. The zero-order valence-electron chi connectivity index (χ0n) is 12.0. The third kappa shape index (κ3) is 2.73. The molecule has 0 amide bonds. The SMILES string of the molecule is Cc1ccc(C(N)Cn2ccc(=O)c3ccccc32)cc1. The predicted molar refractivity (Wildman–Crippen MR) is 86.3 cm³/mol. The number of pyridine rings is 1. The van der Waals surface area contributed by atoms with Crippen LogP contribution in [0.15, 0.2) is 65.6 Å². The van der Waals surface area contributed by atoms with Crippen LogP contribution in [-0.2, 0) is 6.54 Å². The van der Waals surface area contributed by atoms with Gasteiger partial charge in [0.05, 0.1) is 5.52 Å². The summed E-state index contributed by atoms with van der Waals surface area (Å²) in [6.07, 6.45) is 1.82. The summed E-state index contributed by atoms with van der Waals surface area (Å²) in [4.78, 5) is 11.9. The van der Waals surface area contributed by atoms with Gasteiger partial charge in [-0.1, -0.05) is 42.0 Å². The molecule has 1 unspecified atom stereocenters. The van der Waals surface area contributed by atoms with Crippen molar-refractivity contribution in [3.8, 4) is 0 Å². The van der Waals surface area contributed by atoms with E-state index in [0.717, 1.165) is 16.5 Å². The standard InChI is InChI=1S/C18H18N2O/c1-13-6-8-14(9-7-13)16(19)12-20-11-10-18(21)15-4-2-3-5-17(15)20/h2-11,16H,12,19H2,1H3. The molecule has 0 fully saturated rings. The highest BCUT2D eigenvalue weighted by Crippen LogP contribution is 2.16. The summed E-state index contributed by atoms with van der Waals surface area (Å²) in [7, 11) is 0. The lowest BCUT2D eigenvalue weighted by Crippen LogP contribution is -2.19. The Kier molecular flexibility index (Phi) is 3.59. The summed E-state index contributed by atoms with van der Waals surface area (Å²) in [5.74, 6) is 0. The smallest absolute Gasteiger partial charge is 0.189 e. The van der Waals surface area contributed by atoms with E-state index in [0.29, 0.717) is 6.54 Å².